The first-order chi connectivity index (χ1) is 12.8. The lowest BCUT2D eigenvalue weighted by molar-refractivity contribution is 0.0959. The number of allylic oxidation sites excluding steroid dienone is 2. The summed E-state index contributed by atoms with van der Waals surface area (Å²) < 4.78 is 0. The maximum atomic E-state index is 12.1. The third-order valence-electron chi connectivity index (χ3n) is 3.52. The fourth-order valence-corrected chi connectivity index (χ4v) is 2.81. The highest BCUT2D eigenvalue weighted by molar-refractivity contribution is 7.12. The quantitative estimate of drug-likeness (QED) is 0.474. The molecular formula is C22H18N2OS. The molecular weight excluding hydrogens is 340 g/mol. The summed E-state index contributed by atoms with van der Waals surface area (Å²) in [5, 5.41) is 6.13. The molecule has 1 aromatic heterocycles. The zero-order valence-electron chi connectivity index (χ0n) is 14.1. The van der Waals surface area contributed by atoms with Crippen LogP contribution in [-0.4, -0.2) is 11.6 Å². The lowest BCUT2D eigenvalue weighted by atomic mass is 10.1. The maximum Gasteiger partial charge on any atom is 0.281 e. The lowest BCUT2D eigenvalue weighted by Crippen LogP contribution is -2.17. The highest BCUT2D eigenvalue weighted by Gasteiger charge is 2.04. The van der Waals surface area contributed by atoms with Gasteiger partial charge in [0.1, 0.15) is 0 Å². The summed E-state index contributed by atoms with van der Waals surface area (Å²) in [5.74, 6) is -0.210. The molecule has 26 heavy (non-hydrogen) atoms. The van der Waals surface area contributed by atoms with Gasteiger partial charge in [-0.2, -0.15) is 5.10 Å². The van der Waals surface area contributed by atoms with E-state index in [1.165, 1.54) is 11.3 Å². The van der Waals surface area contributed by atoms with Gasteiger partial charge in [0.05, 0.1) is 10.6 Å². The summed E-state index contributed by atoms with van der Waals surface area (Å²) in [7, 11) is 0. The van der Waals surface area contributed by atoms with Gasteiger partial charge >= 0.3 is 0 Å². The molecule has 0 aliphatic rings. The van der Waals surface area contributed by atoms with E-state index in [9.17, 15) is 4.79 Å². The number of rotatable bonds is 6. The average Bonchev–Trinajstić information content (AvgIpc) is 3.24. The molecule has 3 aromatic rings. The third kappa shape index (κ3) is 5.40. The fourth-order valence-electron chi connectivity index (χ4n) is 2.20. The van der Waals surface area contributed by atoms with Crippen molar-refractivity contribution in [3.05, 3.63) is 106 Å². The van der Waals surface area contributed by atoms with Crippen molar-refractivity contribution < 1.29 is 4.79 Å². The first-order valence-corrected chi connectivity index (χ1v) is 9.07. The molecule has 0 aliphatic carbocycles. The van der Waals surface area contributed by atoms with Gasteiger partial charge in [-0.25, -0.2) is 5.43 Å². The fraction of sp³-hybridized carbons (Fsp3) is 0. The summed E-state index contributed by atoms with van der Waals surface area (Å²) in [6, 6.07) is 23.5. The number of hydrogen-bond donors (Lipinski definition) is 1. The Labute approximate surface area is 157 Å². The predicted molar refractivity (Wildman–Crippen MR) is 110 cm³/mol. The van der Waals surface area contributed by atoms with E-state index in [0.717, 1.165) is 11.1 Å². The van der Waals surface area contributed by atoms with Crippen LogP contribution in [0, 0.1) is 0 Å². The number of hydrazone groups is 1. The zero-order valence-corrected chi connectivity index (χ0v) is 14.9. The number of nitrogens with one attached hydrogen (secondary N) is 1. The van der Waals surface area contributed by atoms with Gasteiger partial charge in [-0.1, -0.05) is 78.9 Å². The smallest absolute Gasteiger partial charge is 0.266 e. The summed E-state index contributed by atoms with van der Waals surface area (Å²) in [6.07, 6.45) is 7.68. The minimum Gasteiger partial charge on any atom is -0.266 e. The van der Waals surface area contributed by atoms with Crippen molar-refractivity contribution in [1.82, 2.24) is 5.43 Å². The SMILES string of the molecule is O=C(NN=C(/C=C/c1ccccc1)/C=C/c1ccccc1)c1cccs1. The van der Waals surface area contributed by atoms with E-state index in [1.54, 1.807) is 6.07 Å². The van der Waals surface area contributed by atoms with Crippen molar-refractivity contribution in [2.45, 2.75) is 0 Å². The summed E-state index contributed by atoms with van der Waals surface area (Å²) in [5.41, 5.74) is 5.40. The van der Waals surface area contributed by atoms with Crippen molar-refractivity contribution >= 4 is 35.1 Å². The van der Waals surface area contributed by atoms with Gasteiger partial charge in [-0.3, -0.25) is 4.79 Å². The van der Waals surface area contributed by atoms with Crippen LogP contribution in [0.15, 0.2) is 95.4 Å². The molecule has 128 valence electrons. The van der Waals surface area contributed by atoms with Gasteiger partial charge in [0.25, 0.3) is 5.91 Å². The molecule has 0 aliphatic heterocycles. The van der Waals surface area contributed by atoms with Crippen LogP contribution in [0.25, 0.3) is 12.2 Å². The van der Waals surface area contributed by atoms with E-state index in [2.05, 4.69) is 10.5 Å². The van der Waals surface area contributed by atoms with Gasteiger partial charge in [0.15, 0.2) is 0 Å². The number of amides is 1. The topological polar surface area (TPSA) is 41.5 Å². The molecule has 0 spiro atoms. The van der Waals surface area contributed by atoms with Crippen LogP contribution in [0.3, 0.4) is 0 Å². The summed E-state index contributed by atoms with van der Waals surface area (Å²) >= 11 is 1.39. The minimum absolute atomic E-state index is 0.210. The Kier molecular flexibility index (Phi) is 6.29. The minimum atomic E-state index is -0.210. The molecule has 0 bridgehead atoms. The van der Waals surface area contributed by atoms with Gasteiger partial charge in [-0.15, -0.1) is 11.3 Å². The van der Waals surface area contributed by atoms with Gasteiger partial charge in [0, 0.05) is 0 Å². The maximum absolute atomic E-state index is 12.1. The Hall–Kier alpha value is -3.24. The average molecular weight is 358 g/mol. The van der Waals surface area contributed by atoms with Crippen LogP contribution >= 0.6 is 11.3 Å². The van der Waals surface area contributed by atoms with Gasteiger partial charge in [0.2, 0.25) is 0 Å². The number of thiophene rings is 1. The Morgan fingerprint density at radius 2 is 1.38 bits per heavy atom. The number of hydrogen-bond acceptors (Lipinski definition) is 3. The highest BCUT2D eigenvalue weighted by Crippen LogP contribution is 2.08. The van der Waals surface area contributed by atoms with Gasteiger partial charge < -0.3 is 0 Å². The second-order valence-electron chi connectivity index (χ2n) is 5.44. The monoisotopic (exact) mass is 358 g/mol. The predicted octanol–water partition coefficient (Wildman–Crippen LogP) is 5.26. The van der Waals surface area contributed by atoms with E-state index < -0.39 is 0 Å². The third-order valence-corrected chi connectivity index (χ3v) is 4.39. The first-order valence-electron chi connectivity index (χ1n) is 8.19. The molecule has 2 aromatic carbocycles. The van der Waals surface area contributed by atoms with Crippen molar-refractivity contribution in [2.75, 3.05) is 0 Å². The van der Waals surface area contributed by atoms with Crippen LogP contribution in [0.1, 0.15) is 20.8 Å². The first kappa shape index (κ1) is 17.6. The highest BCUT2D eigenvalue weighted by atomic mass is 32.1. The zero-order chi connectivity index (χ0) is 18.0. The Balaban J connectivity index is 1.78. The van der Waals surface area contributed by atoms with Crippen LogP contribution < -0.4 is 5.43 Å². The Morgan fingerprint density at radius 1 is 0.808 bits per heavy atom. The largest absolute Gasteiger partial charge is 0.281 e. The molecule has 0 fully saturated rings. The van der Waals surface area contributed by atoms with E-state index in [0.29, 0.717) is 10.6 Å². The van der Waals surface area contributed by atoms with Crippen LogP contribution in [-0.2, 0) is 0 Å². The molecule has 0 saturated carbocycles. The Morgan fingerprint density at radius 3 is 1.88 bits per heavy atom. The number of nitrogens with zero attached hydrogens (tertiary/aromatic N) is 1. The standard InChI is InChI=1S/C22H18N2OS/c25-22(21-12-7-17-26-21)24-23-20(15-13-18-8-3-1-4-9-18)16-14-19-10-5-2-6-11-19/h1-17H,(H,24,25)/b15-13+,16-14+. The second-order valence-corrected chi connectivity index (χ2v) is 6.39. The van der Waals surface area contributed by atoms with E-state index in [-0.39, 0.29) is 5.91 Å². The number of benzene rings is 2. The molecule has 1 heterocycles. The number of carbonyl (C=O) groups excluding carboxylic acids is 1. The molecule has 1 N–H and O–H groups in total. The van der Waals surface area contributed by atoms with Crippen LogP contribution in [0.2, 0.25) is 0 Å². The second kappa shape index (κ2) is 9.30. The molecule has 0 saturated heterocycles. The van der Waals surface area contributed by atoms with E-state index >= 15 is 0 Å². The molecule has 3 rings (SSSR count). The van der Waals surface area contributed by atoms with Crippen LogP contribution in [0.5, 0.6) is 0 Å². The number of carbonyl (C=O) groups is 1. The Bertz CT molecular complexity index is 860. The molecule has 4 heteroatoms. The summed E-state index contributed by atoms with van der Waals surface area (Å²) in [4.78, 5) is 12.7. The normalized spacial score (nSPS) is 10.9. The molecule has 3 nitrogen and oxygen atoms in total. The molecule has 1 amide bonds. The molecule has 0 unspecified atom stereocenters. The molecule has 0 radical (unpaired) electrons. The van der Waals surface area contributed by atoms with Crippen molar-refractivity contribution in [2.24, 2.45) is 5.10 Å². The van der Waals surface area contributed by atoms with Crippen LogP contribution in [0.4, 0.5) is 0 Å². The lowest BCUT2D eigenvalue weighted by Gasteiger charge is -1.99. The van der Waals surface area contributed by atoms with Crippen molar-refractivity contribution in [1.29, 1.82) is 0 Å². The van der Waals surface area contributed by atoms with Crippen molar-refractivity contribution in [3.8, 4) is 0 Å². The van der Waals surface area contributed by atoms with Gasteiger partial charge in [-0.05, 0) is 34.7 Å². The van der Waals surface area contributed by atoms with E-state index in [1.807, 2.05) is 96.4 Å². The van der Waals surface area contributed by atoms with Crippen molar-refractivity contribution in [3.63, 3.8) is 0 Å². The molecule has 0 atom stereocenters. The van der Waals surface area contributed by atoms with E-state index in [4.69, 9.17) is 0 Å². The summed E-state index contributed by atoms with van der Waals surface area (Å²) in [6.45, 7) is 0.